The molecule has 0 unspecified atom stereocenters. The molecule has 0 saturated carbocycles. The molecule has 2 aliphatic carbocycles. The van der Waals surface area contributed by atoms with E-state index in [0.717, 1.165) is 35.2 Å². The zero-order valence-corrected chi connectivity index (χ0v) is 18.9. The van der Waals surface area contributed by atoms with Crippen molar-refractivity contribution in [1.82, 2.24) is 14.4 Å². The molecule has 0 N–H and O–H groups in total. The van der Waals surface area contributed by atoms with Crippen LogP contribution in [0.4, 0.5) is 0 Å². The molecule has 0 radical (unpaired) electrons. The zero-order valence-electron chi connectivity index (χ0n) is 18.9. The molecular weight excluding hydrogens is 426 g/mol. The van der Waals surface area contributed by atoms with Crippen molar-refractivity contribution >= 4 is 38.5 Å². The second kappa shape index (κ2) is 6.13. The summed E-state index contributed by atoms with van der Waals surface area (Å²) in [5.41, 5.74) is 15.5. The molecule has 3 heterocycles. The lowest BCUT2D eigenvalue weighted by Crippen LogP contribution is -1.95. The molecule has 3 aromatic heterocycles. The number of imidazole rings is 1. The van der Waals surface area contributed by atoms with Gasteiger partial charge in [-0.2, -0.15) is 0 Å². The Kier molecular flexibility index (Phi) is 3.14. The highest BCUT2D eigenvalue weighted by atomic mass is 15.1. The summed E-state index contributed by atoms with van der Waals surface area (Å²) in [6.45, 7) is 0. The molecule has 4 aromatic carbocycles. The monoisotopic (exact) mass is 445 g/mol. The van der Waals surface area contributed by atoms with E-state index in [-0.39, 0.29) is 0 Å². The molecule has 9 rings (SSSR count). The van der Waals surface area contributed by atoms with Gasteiger partial charge in [0.1, 0.15) is 11.3 Å². The van der Waals surface area contributed by atoms with Crippen molar-refractivity contribution in [2.45, 2.75) is 12.8 Å². The minimum absolute atomic E-state index is 0.964. The van der Waals surface area contributed by atoms with Crippen molar-refractivity contribution in [2.75, 3.05) is 0 Å². The molecule has 162 valence electrons. The SMILES string of the molecule is c1ccc2c(c1)Cc1c-2ccc2c1Cc1cc3c(cc1-2)c1cccnc1n1c2ccccc2nc31. The zero-order chi connectivity index (χ0) is 22.7. The fourth-order valence-electron chi connectivity index (χ4n) is 6.58. The van der Waals surface area contributed by atoms with E-state index in [0.29, 0.717) is 0 Å². The lowest BCUT2D eigenvalue weighted by atomic mass is 9.96. The van der Waals surface area contributed by atoms with Gasteiger partial charge in [0, 0.05) is 17.0 Å². The van der Waals surface area contributed by atoms with Gasteiger partial charge < -0.3 is 0 Å². The van der Waals surface area contributed by atoms with Crippen LogP contribution in [-0.2, 0) is 12.8 Å². The summed E-state index contributed by atoms with van der Waals surface area (Å²) in [5, 5.41) is 3.60. The molecule has 3 heteroatoms. The molecule has 0 spiro atoms. The van der Waals surface area contributed by atoms with Gasteiger partial charge in [-0.3, -0.25) is 4.40 Å². The Morgan fingerprint density at radius 1 is 0.571 bits per heavy atom. The van der Waals surface area contributed by atoms with E-state index in [2.05, 4.69) is 83.3 Å². The smallest absolute Gasteiger partial charge is 0.147 e. The van der Waals surface area contributed by atoms with Gasteiger partial charge in [-0.05, 0) is 99.1 Å². The molecule has 35 heavy (non-hydrogen) atoms. The maximum absolute atomic E-state index is 5.08. The number of hydrogen-bond acceptors (Lipinski definition) is 2. The molecule has 0 bridgehead atoms. The third-order valence-electron chi connectivity index (χ3n) is 8.10. The molecule has 0 atom stereocenters. The van der Waals surface area contributed by atoms with Crippen LogP contribution in [-0.4, -0.2) is 14.4 Å². The first-order valence-corrected chi connectivity index (χ1v) is 12.2. The van der Waals surface area contributed by atoms with Crippen LogP contribution in [0.3, 0.4) is 0 Å². The Balaban J connectivity index is 1.38. The van der Waals surface area contributed by atoms with E-state index < -0.39 is 0 Å². The lowest BCUT2D eigenvalue weighted by Gasteiger charge is -2.11. The highest BCUT2D eigenvalue weighted by Gasteiger charge is 2.28. The first-order chi connectivity index (χ1) is 17.3. The van der Waals surface area contributed by atoms with Crippen LogP contribution in [0.5, 0.6) is 0 Å². The summed E-state index contributed by atoms with van der Waals surface area (Å²) in [6, 6.07) is 30.9. The molecule has 2 aliphatic rings. The number of para-hydroxylation sites is 2. The minimum Gasteiger partial charge on any atom is -0.276 e. The van der Waals surface area contributed by atoms with E-state index in [1.807, 2.05) is 12.3 Å². The van der Waals surface area contributed by atoms with Gasteiger partial charge in [0.25, 0.3) is 0 Å². The largest absolute Gasteiger partial charge is 0.276 e. The molecule has 0 amide bonds. The van der Waals surface area contributed by atoms with Crippen LogP contribution < -0.4 is 0 Å². The van der Waals surface area contributed by atoms with Crippen molar-refractivity contribution in [3.05, 3.63) is 113 Å². The average Bonchev–Trinajstić information content (AvgIpc) is 3.59. The van der Waals surface area contributed by atoms with Crippen LogP contribution >= 0.6 is 0 Å². The summed E-state index contributed by atoms with van der Waals surface area (Å²) in [4.78, 5) is 9.89. The van der Waals surface area contributed by atoms with E-state index in [9.17, 15) is 0 Å². The van der Waals surface area contributed by atoms with E-state index >= 15 is 0 Å². The normalized spacial score (nSPS) is 13.5. The first-order valence-electron chi connectivity index (χ1n) is 12.2. The molecule has 7 aromatic rings. The van der Waals surface area contributed by atoms with Gasteiger partial charge in [-0.1, -0.05) is 48.5 Å². The van der Waals surface area contributed by atoms with Crippen LogP contribution in [0.1, 0.15) is 22.3 Å². The Labute approximate surface area is 201 Å². The molecular formula is C32H19N3. The van der Waals surface area contributed by atoms with Crippen LogP contribution in [0.25, 0.3) is 60.7 Å². The molecule has 0 saturated heterocycles. The minimum atomic E-state index is 0.964. The van der Waals surface area contributed by atoms with Crippen molar-refractivity contribution in [3.8, 4) is 22.3 Å². The standard InChI is InChI=1S/C32H19N3/c1-2-7-20-18(6-1)14-25-21(20)11-12-22-24-17-27-23-8-5-13-33-31(23)35-30-10-4-3-9-29(30)34-32(35)28(27)16-19(24)15-26(22)25/h1-13,16-17H,14-15H2. The van der Waals surface area contributed by atoms with Gasteiger partial charge in [-0.25, -0.2) is 9.97 Å². The van der Waals surface area contributed by atoms with E-state index in [1.54, 1.807) is 0 Å². The number of benzene rings is 4. The van der Waals surface area contributed by atoms with Crippen molar-refractivity contribution in [3.63, 3.8) is 0 Å². The van der Waals surface area contributed by atoms with Crippen LogP contribution in [0.15, 0.2) is 91.1 Å². The Morgan fingerprint density at radius 2 is 1.37 bits per heavy atom. The Hall–Kier alpha value is -4.50. The summed E-state index contributed by atoms with van der Waals surface area (Å²) < 4.78 is 2.23. The topological polar surface area (TPSA) is 30.2 Å². The van der Waals surface area contributed by atoms with Crippen molar-refractivity contribution < 1.29 is 0 Å². The summed E-state index contributed by atoms with van der Waals surface area (Å²) in [6.07, 6.45) is 3.90. The Bertz CT molecular complexity index is 2060. The van der Waals surface area contributed by atoms with E-state index in [1.165, 1.54) is 60.7 Å². The molecule has 3 nitrogen and oxygen atoms in total. The van der Waals surface area contributed by atoms with Crippen molar-refractivity contribution in [1.29, 1.82) is 0 Å². The second-order valence-corrected chi connectivity index (χ2v) is 9.82. The summed E-state index contributed by atoms with van der Waals surface area (Å²) in [5.74, 6) is 0. The van der Waals surface area contributed by atoms with Gasteiger partial charge >= 0.3 is 0 Å². The summed E-state index contributed by atoms with van der Waals surface area (Å²) >= 11 is 0. The average molecular weight is 446 g/mol. The second-order valence-electron chi connectivity index (χ2n) is 9.82. The fourth-order valence-corrected chi connectivity index (χ4v) is 6.58. The number of fused-ring (bicyclic) bond motifs is 15. The van der Waals surface area contributed by atoms with Gasteiger partial charge in [0.15, 0.2) is 0 Å². The number of hydrogen-bond donors (Lipinski definition) is 0. The molecule has 0 aliphatic heterocycles. The predicted octanol–water partition coefficient (Wildman–Crippen LogP) is 7.33. The van der Waals surface area contributed by atoms with Gasteiger partial charge in [0.2, 0.25) is 0 Å². The third-order valence-corrected chi connectivity index (χ3v) is 8.10. The van der Waals surface area contributed by atoms with Gasteiger partial charge in [-0.15, -0.1) is 0 Å². The fraction of sp³-hybridized carbons (Fsp3) is 0.0625. The maximum atomic E-state index is 5.08. The Morgan fingerprint density at radius 3 is 2.31 bits per heavy atom. The number of rotatable bonds is 0. The van der Waals surface area contributed by atoms with Crippen molar-refractivity contribution in [2.24, 2.45) is 0 Å². The predicted molar refractivity (Wildman–Crippen MR) is 142 cm³/mol. The highest BCUT2D eigenvalue weighted by molar-refractivity contribution is 6.14. The number of pyridine rings is 2. The van der Waals surface area contributed by atoms with Crippen LogP contribution in [0, 0.1) is 0 Å². The van der Waals surface area contributed by atoms with Gasteiger partial charge in [0.05, 0.1) is 11.0 Å². The number of aromatic nitrogens is 3. The lowest BCUT2D eigenvalue weighted by molar-refractivity contribution is 1.16. The van der Waals surface area contributed by atoms with E-state index in [4.69, 9.17) is 9.97 Å². The first kappa shape index (κ1) is 17.9. The maximum Gasteiger partial charge on any atom is 0.147 e. The highest BCUT2D eigenvalue weighted by Crippen LogP contribution is 2.48. The summed E-state index contributed by atoms with van der Waals surface area (Å²) in [7, 11) is 0. The van der Waals surface area contributed by atoms with Crippen LogP contribution in [0.2, 0.25) is 0 Å². The molecule has 0 fully saturated rings. The number of nitrogens with zero attached hydrogens (tertiary/aromatic N) is 3. The quantitative estimate of drug-likeness (QED) is 0.229. The third kappa shape index (κ3) is 2.17.